The van der Waals surface area contributed by atoms with Crippen LogP contribution in [0.1, 0.15) is 79.5 Å². The van der Waals surface area contributed by atoms with E-state index in [2.05, 4.69) is 4.90 Å². The fourth-order valence-corrected chi connectivity index (χ4v) is 5.27. The summed E-state index contributed by atoms with van der Waals surface area (Å²) in [5.41, 5.74) is 4.01. The predicted molar refractivity (Wildman–Crippen MR) is 144 cm³/mol. The molecule has 0 saturated carbocycles. The van der Waals surface area contributed by atoms with Crippen molar-refractivity contribution in [3.63, 3.8) is 0 Å². The molecule has 0 spiro atoms. The lowest BCUT2D eigenvalue weighted by Crippen LogP contribution is -2.28. The van der Waals surface area contributed by atoms with E-state index in [0.29, 0.717) is 12.1 Å². The molecule has 37 heavy (non-hydrogen) atoms. The number of methoxy groups -OCH3 is 2. The molecule has 1 aromatic heterocycles. The number of aryl methyl sites for hydroxylation is 1. The van der Waals surface area contributed by atoms with Gasteiger partial charge >= 0.3 is 12.1 Å². The molecular formula is C30H38N2O5. The van der Waals surface area contributed by atoms with E-state index >= 15 is 0 Å². The molecule has 3 aromatic rings. The van der Waals surface area contributed by atoms with Crippen molar-refractivity contribution in [2.24, 2.45) is 0 Å². The van der Waals surface area contributed by atoms with Gasteiger partial charge in [0, 0.05) is 29.7 Å². The number of aromatic nitrogens is 1. The van der Waals surface area contributed by atoms with Gasteiger partial charge in [-0.1, -0.05) is 25.0 Å². The zero-order valence-corrected chi connectivity index (χ0v) is 22.8. The molecule has 1 atom stereocenters. The SMILES string of the molecule is COC(=O)c1ccc(C2CCCCCN2Cc2c(OC)cc(C)c3c2ccn3C(=O)OC(C)(C)C)cc1. The molecule has 0 radical (unpaired) electrons. The van der Waals surface area contributed by atoms with E-state index in [1.165, 1.54) is 19.1 Å². The van der Waals surface area contributed by atoms with Crippen LogP contribution in [0.3, 0.4) is 0 Å². The molecule has 7 heteroatoms. The van der Waals surface area contributed by atoms with E-state index in [1.807, 2.05) is 64.1 Å². The maximum atomic E-state index is 13.0. The van der Waals surface area contributed by atoms with Crippen molar-refractivity contribution in [1.29, 1.82) is 0 Å². The Morgan fingerprint density at radius 3 is 2.41 bits per heavy atom. The molecule has 0 aliphatic carbocycles. The summed E-state index contributed by atoms with van der Waals surface area (Å²) in [5.74, 6) is 0.488. The molecule has 2 aromatic carbocycles. The van der Waals surface area contributed by atoms with Gasteiger partial charge in [-0.25, -0.2) is 9.59 Å². The Labute approximate surface area is 219 Å². The molecule has 0 bridgehead atoms. The first-order valence-corrected chi connectivity index (χ1v) is 13.0. The lowest BCUT2D eigenvalue weighted by molar-refractivity contribution is 0.0542. The van der Waals surface area contributed by atoms with Crippen LogP contribution in [0.25, 0.3) is 10.9 Å². The number of carbonyl (C=O) groups is 2. The van der Waals surface area contributed by atoms with Crippen LogP contribution in [0, 0.1) is 6.92 Å². The van der Waals surface area contributed by atoms with Crippen molar-refractivity contribution >= 4 is 23.0 Å². The number of ether oxygens (including phenoxy) is 3. The van der Waals surface area contributed by atoms with Gasteiger partial charge < -0.3 is 14.2 Å². The minimum atomic E-state index is -0.584. The molecule has 4 rings (SSSR count). The summed E-state index contributed by atoms with van der Waals surface area (Å²) in [7, 11) is 3.09. The van der Waals surface area contributed by atoms with Crippen molar-refractivity contribution < 1.29 is 23.8 Å². The van der Waals surface area contributed by atoms with E-state index in [0.717, 1.165) is 53.6 Å². The average molecular weight is 507 g/mol. The highest BCUT2D eigenvalue weighted by molar-refractivity contribution is 5.95. The normalized spacial score (nSPS) is 16.9. The Morgan fingerprint density at radius 2 is 1.76 bits per heavy atom. The number of hydrogen-bond acceptors (Lipinski definition) is 6. The summed E-state index contributed by atoms with van der Waals surface area (Å²) in [4.78, 5) is 27.4. The highest BCUT2D eigenvalue weighted by atomic mass is 16.6. The predicted octanol–water partition coefficient (Wildman–Crippen LogP) is 6.65. The highest BCUT2D eigenvalue weighted by Crippen LogP contribution is 2.37. The molecule has 1 fully saturated rings. The van der Waals surface area contributed by atoms with Crippen molar-refractivity contribution in [2.45, 2.75) is 71.6 Å². The zero-order chi connectivity index (χ0) is 26.7. The second-order valence-corrected chi connectivity index (χ2v) is 10.8. The Balaban J connectivity index is 1.72. The smallest absolute Gasteiger partial charge is 0.419 e. The quantitative estimate of drug-likeness (QED) is 0.361. The van der Waals surface area contributed by atoms with Gasteiger partial charge in [0.25, 0.3) is 0 Å². The summed E-state index contributed by atoms with van der Waals surface area (Å²) in [6, 6.07) is 12.0. The van der Waals surface area contributed by atoms with Gasteiger partial charge in [-0.15, -0.1) is 0 Å². The van der Waals surface area contributed by atoms with Crippen LogP contribution in [0.2, 0.25) is 0 Å². The van der Waals surface area contributed by atoms with E-state index in [1.54, 1.807) is 17.9 Å². The Hall–Kier alpha value is -3.32. The number of fused-ring (bicyclic) bond motifs is 1. The molecule has 0 N–H and O–H groups in total. The van der Waals surface area contributed by atoms with Crippen molar-refractivity contribution in [1.82, 2.24) is 9.47 Å². The van der Waals surface area contributed by atoms with Crippen LogP contribution >= 0.6 is 0 Å². The zero-order valence-electron chi connectivity index (χ0n) is 22.8. The number of nitrogens with zero attached hydrogens (tertiary/aromatic N) is 2. The third-order valence-corrected chi connectivity index (χ3v) is 6.98. The van der Waals surface area contributed by atoms with E-state index < -0.39 is 5.60 Å². The third-order valence-electron chi connectivity index (χ3n) is 6.98. The number of esters is 1. The van der Waals surface area contributed by atoms with Gasteiger partial charge in [0.05, 0.1) is 25.3 Å². The highest BCUT2D eigenvalue weighted by Gasteiger charge is 2.27. The number of carbonyl (C=O) groups excluding carboxylic acids is 2. The molecule has 198 valence electrons. The van der Waals surface area contributed by atoms with Crippen LogP contribution in [0.5, 0.6) is 5.75 Å². The molecule has 7 nitrogen and oxygen atoms in total. The number of rotatable bonds is 5. The Bertz CT molecular complexity index is 1270. The molecule has 0 amide bonds. The summed E-state index contributed by atoms with van der Waals surface area (Å²) < 4.78 is 18.0. The van der Waals surface area contributed by atoms with E-state index in [9.17, 15) is 9.59 Å². The van der Waals surface area contributed by atoms with Crippen molar-refractivity contribution in [2.75, 3.05) is 20.8 Å². The monoisotopic (exact) mass is 506 g/mol. The topological polar surface area (TPSA) is 70.0 Å². The first-order valence-electron chi connectivity index (χ1n) is 13.0. The third kappa shape index (κ3) is 5.82. The van der Waals surface area contributed by atoms with Crippen LogP contribution in [-0.4, -0.2) is 47.9 Å². The minimum absolute atomic E-state index is 0.211. The lowest BCUT2D eigenvalue weighted by Gasteiger charge is -2.31. The van der Waals surface area contributed by atoms with E-state index in [4.69, 9.17) is 14.2 Å². The van der Waals surface area contributed by atoms with Crippen LogP contribution < -0.4 is 4.74 Å². The summed E-state index contributed by atoms with van der Waals surface area (Å²) in [5, 5.41) is 0.992. The van der Waals surface area contributed by atoms with Gasteiger partial charge in [0.15, 0.2) is 0 Å². The van der Waals surface area contributed by atoms with Crippen molar-refractivity contribution in [3.05, 3.63) is 64.8 Å². The molecule has 1 unspecified atom stereocenters. The second kappa shape index (κ2) is 11.0. The summed E-state index contributed by atoms with van der Waals surface area (Å²) >= 11 is 0. The molecule has 1 saturated heterocycles. The number of benzene rings is 2. The van der Waals surface area contributed by atoms with Crippen LogP contribution in [0.4, 0.5) is 4.79 Å². The average Bonchev–Trinajstić information content (AvgIpc) is 3.19. The lowest BCUT2D eigenvalue weighted by atomic mass is 9.98. The van der Waals surface area contributed by atoms with Gasteiger partial charge in [-0.05, 0) is 82.5 Å². The molecular weight excluding hydrogens is 468 g/mol. The van der Waals surface area contributed by atoms with Gasteiger partial charge in [0.2, 0.25) is 0 Å². The van der Waals surface area contributed by atoms with Gasteiger partial charge in [-0.3, -0.25) is 9.47 Å². The number of hydrogen-bond donors (Lipinski definition) is 0. The fourth-order valence-electron chi connectivity index (χ4n) is 5.27. The summed E-state index contributed by atoms with van der Waals surface area (Å²) in [6.45, 7) is 9.24. The molecule has 2 heterocycles. The fraction of sp³-hybridized carbons (Fsp3) is 0.467. The standard InChI is InChI=1S/C30H38N2O5/c1-20-18-26(35-5)24(23-15-17-32(27(20)23)29(34)37-30(2,3)4)19-31-16-9-7-8-10-25(31)21-11-13-22(14-12-21)28(33)36-6/h11-15,17-18,25H,7-10,16,19H2,1-6H3. The molecule has 1 aliphatic rings. The van der Waals surface area contributed by atoms with Crippen LogP contribution in [-0.2, 0) is 16.0 Å². The Morgan fingerprint density at radius 1 is 1.03 bits per heavy atom. The van der Waals surface area contributed by atoms with Crippen molar-refractivity contribution in [3.8, 4) is 5.75 Å². The van der Waals surface area contributed by atoms with Gasteiger partial charge in [-0.2, -0.15) is 0 Å². The number of likely N-dealkylation sites (tertiary alicyclic amines) is 1. The van der Waals surface area contributed by atoms with E-state index in [-0.39, 0.29) is 18.1 Å². The second-order valence-electron chi connectivity index (χ2n) is 10.8. The Kier molecular flexibility index (Phi) is 7.93. The largest absolute Gasteiger partial charge is 0.496 e. The maximum Gasteiger partial charge on any atom is 0.419 e. The van der Waals surface area contributed by atoms with Crippen LogP contribution in [0.15, 0.2) is 42.6 Å². The first-order chi connectivity index (χ1) is 17.6. The molecule has 1 aliphatic heterocycles. The first kappa shape index (κ1) is 26.7. The summed E-state index contributed by atoms with van der Waals surface area (Å²) in [6.07, 6.45) is 5.89. The maximum absolute atomic E-state index is 13.0. The van der Waals surface area contributed by atoms with Gasteiger partial charge in [0.1, 0.15) is 11.4 Å². The minimum Gasteiger partial charge on any atom is -0.496 e.